The van der Waals surface area contributed by atoms with Gasteiger partial charge in [-0.15, -0.1) is 0 Å². The minimum atomic E-state index is -0.993. The minimum Gasteiger partial charge on any atom is -0.465 e. The van der Waals surface area contributed by atoms with E-state index in [1.807, 2.05) is 13.8 Å². The zero-order valence-electron chi connectivity index (χ0n) is 9.00. The highest BCUT2D eigenvalue weighted by Gasteiger charge is 2.18. The first kappa shape index (κ1) is 13.2. The molecule has 0 saturated carbocycles. The highest BCUT2D eigenvalue weighted by atomic mass is 16.7. The molecule has 0 atom stereocenters. The topological polar surface area (TPSA) is 67.8 Å². The van der Waals surface area contributed by atoms with Crippen molar-refractivity contribution < 1.29 is 19.4 Å². The van der Waals surface area contributed by atoms with Crippen LogP contribution in [0.15, 0.2) is 0 Å². The average Bonchev–Trinajstić information content (AvgIpc) is 2.01. The summed E-state index contributed by atoms with van der Waals surface area (Å²) >= 11 is 0. The van der Waals surface area contributed by atoms with Crippen molar-refractivity contribution in [2.45, 2.75) is 32.2 Å². The molecule has 2 N–H and O–H groups in total. The van der Waals surface area contributed by atoms with Crippen molar-refractivity contribution in [3.63, 3.8) is 0 Å². The van der Waals surface area contributed by atoms with Crippen LogP contribution in [0, 0.1) is 0 Å². The number of nitrogens with one attached hydrogen (secondary N) is 1. The van der Waals surface area contributed by atoms with Gasteiger partial charge in [-0.3, -0.25) is 0 Å². The van der Waals surface area contributed by atoms with Gasteiger partial charge in [0, 0.05) is 19.3 Å². The predicted molar refractivity (Wildman–Crippen MR) is 52.3 cm³/mol. The van der Waals surface area contributed by atoms with Crippen LogP contribution < -0.4 is 5.32 Å². The summed E-state index contributed by atoms with van der Waals surface area (Å²) in [6, 6.07) is 0. The van der Waals surface area contributed by atoms with Crippen molar-refractivity contribution in [2.24, 2.45) is 0 Å². The van der Waals surface area contributed by atoms with Gasteiger partial charge >= 0.3 is 6.09 Å². The monoisotopic (exact) mass is 205 g/mol. The van der Waals surface area contributed by atoms with Crippen molar-refractivity contribution >= 4 is 6.09 Å². The molecule has 0 aromatic carbocycles. The van der Waals surface area contributed by atoms with Crippen molar-refractivity contribution in [3.8, 4) is 0 Å². The van der Waals surface area contributed by atoms with Crippen LogP contribution in [-0.4, -0.2) is 37.2 Å². The van der Waals surface area contributed by atoms with Gasteiger partial charge in [0.15, 0.2) is 0 Å². The Bertz CT molecular complexity index is 170. The highest BCUT2D eigenvalue weighted by Crippen LogP contribution is 2.10. The summed E-state index contributed by atoms with van der Waals surface area (Å²) in [5.74, 6) is 0. The molecule has 0 heterocycles. The molecule has 0 aromatic heterocycles. The summed E-state index contributed by atoms with van der Waals surface area (Å²) in [4.78, 5) is 10.4. The Kier molecular flexibility index (Phi) is 6.23. The van der Waals surface area contributed by atoms with Crippen LogP contribution in [0.2, 0.25) is 0 Å². The lowest BCUT2D eigenvalue weighted by atomic mass is 9.99. The second-order valence-electron chi connectivity index (χ2n) is 3.73. The number of methoxy groups -OCH3 is 1. The van der Waals surface area contributed by atoms with Crippen molar-refractivity contribution in [2.75, 3.05) is 20.5 Å². The van der Waals surface area contributed by atoms with Gasteiger partial charge in [-0.25, -0.2) is 4.79 Å². The molecular formula is C9H19NO4. The molecule has 14 heavy (non-hydrogen) atoms. The molecule has 0 saturated heterocycles. The maximum atomic E-state index is 10.4. The van der Waals surface area contributed by atoms with Crippen molar-refractivity contribution in [1.29, 1.82) is 0 Å². The van der Waals surface area contributed by atoms with E-state index in [-0.39, 0.29) is 6.79 Å². The fraction of sp³-hybridized carbons (Fsp3) is 0.889. The fourth-order valence-electron chi connectivity index (χ4n) is 1.11. The molecule has 5 heteroatoms. The third kappa shape index (κ3) is 7.82. The summed E-state index contributed by atoms with van der Waals surface area (Å²) in [5, 5.41) is 11.0. The van der Waals surface area contributed by atoms with E-state index in [0.29, 0.717) is 6.61 Å². The molecule has 0 radical (unpaired) electrons. The van der Waals surface area contributed by atoms with E-state index in [2.05, 4.69) is 5.32 Å². The molecular weight excluding hydrogens is 186 g/mol. The number of carbonyl (C=O) groups is 1. The summed E-state index contributed by atoms with van der Waals surface area (Å²) < 4.78 is 9.79. The maximum absolute atomic E-state index is 10.4. The van der Waals surface area contributed by atoms with Crippen LogP contribution >= 0.6 is 0 Å². The first-order chi connectivity index (χ1) is 6.48. The Labute approximate surface area is 84.4 Å². The lowest BCUT2D eigenvalue weighted by molar-refractivity contribution is -0.0326. The molecule has 0 aromatic rings. The van der Waals surface area contributed by atoms with E-state index in [9.17, 15) is 4.79 Å². The number of amides is 1. The SMILES string of the molecule is COCOCCCC(C)(C)NC(=O)O. The number of hydrogen-bond acceptors (Lipinski definition) is 3. The number of carboxylic acid groups (broad SMARTS) is 1. The molecule has 84 valence electrons. The Hall–Kier alpha value is -0.810. The molecule has 0 rings (SSSR count). The van der Waals surface area contributed by atoms with E-state index < -0.39 is 11.6 Å². The Balaban J connectivity index is 3.50. The molecule has 0 fully saturated rings. The van der Waals surface area contributed by atoms with E-state index in [0.717, 1.165) is 12.8 Å². The van der Waals surface area contributed by atoms with Gasteiger partial charge in [0.2, 0.25) is 0 Å². The summed E-state index contributed by atoms with van der Waals surface area (Å²) in [7, 11) is 1.57. The second-order valence-corrected chi connectivity index (χ2v) is 3.73. The molecule has 0 bridgehead atoms. The third-order valence-electron chi connectivity index (χ3n) is 1.74. The zero-order chi connectivity index (χ0) is 11.0. The minimum absolute atomic E-state index is 0.285. The smallest absolute Gasteiger partial charge is 0.405 e. The Morgan fingerprint density at radius 1 is 1.50 bits per heavy atom. The Morgan fingerprint density at radius 2 is 2.14 bits per heavy atom. The van der Waals surface area contributed by atoms with E-state index in [4.69, 9.17) is 14.6 Å². The molecule has 0 unspecified atom stereocenters. The van der Waals surface area contributed by atoms with Crippen LogP contribution in [-0.2, 0) is 9.47 Å². The van der Waals surface area contributed by atoms with E-state index in [1.165, 1.54) is 0 Å². The standard InChI is InChI=1S/C9H19NO4/c1-9(2,10-8(11)12)5-4-6-14-7-13-3/h10H,4-7H2,1-3H3,(H,11,12). The van der Waals surface area contributed by atoms with Gasteiger partial charge in [-0.05, 0) is 26.7 Å². The van der Waals surface area contributed by atoms with Gasteiger partial charge in [0.25, 0.3) is 0 Å². The average molecular weight is 205 g/mol. The zero-order valence-corrected chi connectivity index (χ0v) is 9.00. The molecule has 5 nitrogen and oxygen atoms in total. The largest absolute Gasteiger partial charge is 0.465 e. The second kappa shape index (κ2) is 6.62. The predicted octanol–water partition coefficient (Wildman–Crippen LogP) is 1.43. The van der Waals surface area contributed by atoms with Crippen LogP contribution in [0.4, 0.5) is 4.79 Å². The third-order valence-corrected chi connectivity index (χ3v) is 1.74. The lowest BCUT2D eigenvalue weighted by Crippen LogP contribution is -2.42. The van der Waals surface area contributed by atoms with Gasteiger partial charge in [0.1, 0.15) is 6.79 Å². The first-order valence-corrected chi connectivity index (χ1v) is 4.56. The number of hydrogen-bond donors (Lipinski definition) is 2. The number of ether oxygens (including phenoxy) is 2. The van der Waals surface area contributed by atoms with Gasteiger partial charge < -0.3 is 19.9 Å². The van der Waals surface area contributed by atoms with Crippen LogP contribution in [0.5, 0.6) is 0 Å². The highest BCUT2D eigenvalue weighted by molar-refractivity contribution is 5.65. The van der Waals surface area contributed by atoms with Crippen molar-refractivity contribution in [1.82, 2.24) is 5.32 Å². The number of rotatable bonds is 7. The van der Waals surface area contributed by atoms with E-state index in [1.54, 1.807) is 7.11 Å². The van der Waals surface area contributed by atoms with Crippen LogP contribution in [0.3, 0.4) is 0 Å². The van der Waals surface area contributed by atoms with Gasteiger partial charge in [-0.1, -0.05) is 0 Å². The van der Waals surface area contributed by atoms with Crippen LogP contribution in [0.1, 0.15) is 26.7 Å². The lowest BCUT2D eigenvalue weighted by Gasteiger charge is -2.24. The summed E-state index contributed by atoms with van der Waals surface area (Å²) in [5.41, 5.74) is -0.401. The Morgan fingerprint density at radius 3 is 2.64 bits per heavy atom. The summed E-state index contributed by atoms with van der Waals surface area (Å²) in [6.07, 6.45) is 0.549. The van der Waals surface area contributed by atoms with Crippen molar-refractivity contribution in [3.05, 3.63) is 0 Å². The molecule has 0 aliphatic rings. The van der Waals surface area contributed by atoms with Crippen LogP contribution in [0.25, 0.3) is 0 Å². The molecule has 1 amide bonds. The molecule has 0 aliphatic heterocycles. The normalized spacial score (nSPS) is 11.4. The summed E-state index contributed by atoms with van der Waals surface area (Å²) in [6.45, 7) is 4.56. The van der Waals surface area contributed by atoms with E-state index >= 15 is 0 Å². The molecule has 0 aliphatic carbocycles. The quantitative estimate of drug-likeness (QED) is 0.487. The maximum Gasteiger partial charge on any atom is 0.405 e. The fourth-order valence-corrected chi connectivity index (χ4v) is 1.11. The van der Waals surface area contributed by atoms with Gasteiger partial charge in [0.05, 0.1) is 0 Å². The first-order valence-electron chi connectivity index (χ1n) is 4.56. The van der Waals surface area contributed by atoms with Gasteiger partial charge in [-0.2, -0.15) is 0 Å². The molecule has 0 spiro atoms.